The first-order chi connectivity index (χ1) is 12.3. The molecule has 0 bridgehead atoms. The van der Waals surface area contributed by atoms with Gasteiger partial charge in [0, 0.05) is 22.8 Å². The number of rotatable bonds is 5. The third kappa shape index (κ3) is 3.49. The lowest BCUT2D eigenvalue weighted by atomic mass is 10.1. The summed E-state index contributed by atoms with van der Waals surface area (Å²) >= 11 is 1.92. The van der Waals surface area contributed by atoms with Crippen molar-refractivity contribution in [3.63, 3.8) is 0 Å². The van der Waals surface area contributed by atoms with E-state index in [4.69, 9.17) is 4.74 Å². The van der Waals surface area contributed by atoms with Gasteiger partial charge in [-0.15, -0.1) is 11.8 Å². The lowest BCUT2D eigenvalue weighted by Gasteiger charge is -2.30. The van der Waals surface area contributed by atoms with Crippen LogP contribution >= 0.6 is 11.8 Å². The van der Waals surface area contributed by atoms with Crippen molar-refractivity contribution in [3.8, 4) is 5.75 Å². The van der Waals surface area contributed by atoms with Crippen LogP contribution in [0.4, 0.5) is 5.69 Å². The summed E-state index contributed by atoms with van der Waals surface area (Å²) in [6, 6.07) is 20.3. The summed E-state index contributed by atoms with van der Waals surface area (Å²) in [5.41, 5.74) is 2.00. The Balaban J connectivity index is 1.42. The molecule has 0 atom stereocenters. The molecule has 4 rings (SSSR count). The molecular formula is C21H19NO2S. The van der Waals surface area contributed by atoms with Crippen molar-refractivity contribution in [2.75, 3.05) is 30.3 Å². The van der Waals surface area contributed by atoms with Gasteiger partial charge in [0.15, 0.2) is 0 Å². The molecule has 3 aromatic rings. The summed E-state index contributed by atoms with van der Waals surface area (Å²) in [5.74, 6) is 1.98. The zero-order chi connectivity index (χ0) is 17.1. The number of fused-ring (bicyclic) bond motifs is 2. The largest absolute Gasteiger partial charge is 0.492 e. The van der Waals surface area contributed by atoms with E-state index in [-0.39, 0.29) is 0 Å². The van der Waals surface area contributed by atoms with Crippen LogP contribution in [0.5, 0.6) is 5.75 Å². The zero-order valence-electron chi connectivity index (χ0n) is 13.9. The van der Waals surface area contributed by atoms with Gasteiger partial charge in [-0.2, -0.15) is 0 Å². The van der Waals surface area contributed by atoms with E-state index in [1.54, 1.807) is 0 Å². The molecular weight excluding hydrogens is 330 g/mol. The summed E-state index contributed by atoms with van der Waals surface area (Å²) in [6.07, 6.45) is 0.874. The molecule has 0 unspecified atom stereocenters. The molecule has 4 heteroatoms. The molecule has 0 saturated carbocycles. The molecule has 0 spiro atoms. The molecule has 3 nitrogen and oxygen atoms in total. The predicted octanol–water partition coefficient (Wildman–Crippen LogP) is 4.64. The van der Waals surface area contributed by atoms with Crippen molar-refractivity contribution < 1.29 is 9.53 Å². The van der Waals surface area contributed by atoms with E-state index in [1.807, 2.05) is 48.2 Å². The number of hydrogen-bond acceptors (Lipinski definition) is 4. The summed E-state index contributed by atoms with van der Waals surface area (Å²) in [7, 11) is 0. The average molecular weight is 349 g/mol. The highest BCUT2D eigenvalue weighted by Crippen LogP contribution is 2.34. The quantitative estimate of drug-likeness (QED) is 0.628. The molecule has 0 amide bonds. The fraction of sp³-hybridized carbons (Fsp3) is 0.190. The first-order valence-corrected chi connectivity index (χ1v) is 9.41. The van der Waals surface area contributed by atoms with Gasteiger partial charge >= 0.3 is 0 Å². The molecule has 1 aliphatic heterocycles. The molecule has 0 aromatic heterocycles. The number of benzene rings is 3. The van der Waals surface area contributed by atoms with Crippen molar-refractivity contribution in [1.29, 1.82) is 0 Å². The lowest BCUT2D eigenvalue weighted by molar-refractivity contribution is 0.112. The monoisotopic (exact) mass is 349 g/mol. The third-order valence-electron chi connectivity index (χ3n) is 4.43. The number of ether oxygens (including phenoxy) is 1. The first kappa shape index (κ1) is 16.0. The van der Waals surface area contributed by atoms with Gasteiger partial charge in [-0.05, 0) is 41.1 Å². The number of aldehydes is 1. The molecule has 0 radical (unpaired) electrons. The molecule has 0 N–H and O–H groups in total. The Hall–Kier alpha value is -2.46. The number of para-hydroxylation sites is 1. The number of carbonyl (C=O) groups excluding carboxylic acids is 1. The number of thioether (sulfide) groups is 1. The molecule has 0 fully saturated rings. The topological polar surface area (TPSA) is 29.5 Å². The van der Waals surface area contributed by atoms with E-state index >= 15 is 0 Å². The Morgan fingerprint density at radius 3 is 2.80 bits per heavy atom. The lowest BCUT2D eigenvalue weighted by Crippen LogP contribution is -2.33. The number of hydrogen-bond donors (Lipinski definition) is 0. The third-order valence-corrected chi connectivity index (χ3v) is 5.47. The van der Waals surface area contributed by atoms with Gasteiger partial charge in [0.05, 0.1) is 12.2 Å². The highest BCUT2D eigenvalue weighted by molar-refractivity contribution is 7.99. The van der Waals surface area contributed by atoms with E-state index < -0.39 is 0 Å². The highest BCUT2D eigenvalue weighted by atomic mass is 32.2. The van der Waals surface area contributed by atoms with Crippen molar-refractivity contribution in [1.82, 2.24) is 0 Å². The normalized spacial score (nSPS) is 13.5. The fourth-order valence-corrected chi connectivity index (χ4v) is 4.19. The van der Waals surface area contributed by atoms with Crippen molar-refractivity contribution in [3.05, 3.63) is 66.2 Å². The molecule has 0 aliphatic carbocycles. The highest BCUT2D eigenvalue weighted by Gasteiger charge is 2.16. The number of anilines is 1. The minimum absolute atomic E-state index is 0.650. The second kappa shape index (κ2) is 7.19. The van der Waals surface area contributed by atoms with Gasteiger partial charge in [0.25, 0.3) is 0 Å². The fourth-order valence-electron chi connectivity index (χ4n) is 3.14. The minimum atomic E-state index is 0.650. The second-order valence-electron chi connectivity index (χ2n) is 6.04. The maximum absolute atomic E-state index is 10.9. The summed E-state index contributed by atoms with van der Waals surface area (Å²) in [5, 5.41) is 2.14. The van der Waals surface area contributed by atoms with Gasteiger partial charge in [0.2, 0.25) is 0 Å². The van der Waals surface area contributed by atoms with Crippen LogP contribution in [0.3, 0.4) is 0 Å². The molecule has 0 saturated heterocycles. The van der Waals surface area contributed by atoms with Gasteiger partial charge in [-0.3, -0.25) is 4.79 Å². The van der Waals surface area contributed by atoms with E-state index in [9.17, 15) is 4.79 Å². The number of nitrogens with zero attached hydrogens (tertiary/aromatic N) is 1. The Kier molecular flexibility index (Phi) is 4.61. The standard InChI is InChI=1S/C21H19NO2S/c23-15-16-5-6-18-14-19(8-7-17(18)13-16)24-11-9-22-10-12-25-21-4-2-1-3-20(21)22/h1-8,13-15H,9-12H2. The van der Waals surface area contributed by atoms with E-state index in [1.165, 1.54) is 10.6 Å². The van der Waals surface area contributed by atoms with Crippen LogP contribution in [-0.4, -0.2) is 31.7 Å². The summed E-state index contributed by atoms with van der Waals surface area (Å²) in [6.45, 7) is 2.58. The van der Waals surface area contributed by atoms with Gasteiger partial charge in [-0.25, -0.2) is 0 Å². The SMILES string of the molecule is O=Cc1ccc2cc(OCCN3CCSc4ccccc43)ccc2c1. The van der Waals surface area contributed by atoms with Crippen LogP contribution in [0.15, 0.2) is 65.6 Å². The van der Waals surface area contributed by atoms with Crippen LogP contribution in [-0.2, 0) is 0 Å². The summed E-state index contributed by atoms with van der Waals surface area (Å²) < 4.78 is 5.97. The second-order valence-corrected chi connectivity index (χ2v) is 7.17. The maximum Gasteiger partial charge on any atom is 0.150 e. The van der Waals surface area contributed by atoms with Gasteiger partial charge in [0.1, 0.15) is 18.6 Å². The van der Waals surface area contributed by atoms with E-state index in [0.29, 0.717) is 12.2 Å². The van der Waals surface area contributed by atoms with Crippen LogP contribution in [0, 0.1) is 0 Å². The molecule has 25 heavy (non-hydrogen) atoms. The smallest absolute Gasteiger partial charge is 0.150 e. The molecule has 126 valence electrons. The van der Waals surface area contributed by atoms with Crippen molar-refractivity contribution >= 4 is 34.5 Å². The van der Waals surface area contributed by atoms with Crippen LogP contribution in [0.1, 0.15) is 10.4 Å². The van der Waals surface area contributed by atoms with E-state index in [2.05, 4.69) is 29.2 Å². The average Bonchev–Trinajstić information content (AvgIpc) is 2.67. The first-order valence-electron chi connectivity index (χ1n) is 8.42. The van der Waals surface area contributed by atoms with Crippen molar-refractivity contribution in [2.24, 2.45) is 0 Å². The summed E-state index contributed by atoms with van der Waals surface area (Å²) in [4.78, 5) is 14.6. The maximum atomic E-state index is 10.9. The minimum Gasteiger partial charge on any atom is -0.492 e. The molecule has 1 heterocycles. The Morgan fingerprint density at radius 1 is 1.04 bits per heavy atom. The molecule has 1 aliphatic rings. The van der Waals surface area contributed by atoms with Crippen LogP contribution < -0.4 is 9.64 Å². The predicted molar refractivity (Wildman–Crippen MR) is 104 cm³/mol. The molecule has 3 aromatic carbocycles. The van der Waals surface area contributed by atoms with Crippen LogP contribution in [0.2, 0.25) is 0 Å². The Labute approximate surface area is 151 Å². The van der Waals surface area contributed by atoms with Gasteiger partial charge in [-0.1, -0.05) is 30.3 Å². The van der Waals surface area contributed by atoms with Crippen molar-refractivity contribution in [2.45, 2.75) is 4.90 Å². The van der Waals surface area contributed by atoms with E-state index in [0.717, 1.165) is 41.7 Å². The Bertz CT molecular complexity index is 909. The Morgan fingerprint density at radius 2 is 1.88 bits per heavy atom. The van der Waals surface area contributed by atoms with Gasteiger partial charge < -0.3 is 9.64 Å². The zero-order valence-corrected chi connectivity index (χ0v) is 14.7. The number of carbonyl (C=O) groups is 1. The van der Waals surface area contributed by atoms with Crippen LogP contribution in [0.25, 0.3) is 10.8 Å².